The van der Waals surface area contributed by atoms with Crippen LogP contribution in [0.15, 0.2) is 53.3 Å². The van der Waals surface area contributed by atoms with E-state index in [9.17, 15) is 0 Å². The molecule has 1 aliphatic heterocycles. The van der Waals surface area contributed by atoms with Gasteiger partial charge in [-0.25, -0.2) is 0 Å². The van der Waals surface area contributed by atoms with Crippen molar-refractivity contribution in [1.82, 2.24) is 5.32 Å². The minimum absolute atomic E-state index is 0.979. The van der Waals surface area contributed by atoms with Gasteiger partial charge in [0.05, 0.1) is 0 Å². The Morgan fingerprint density at radius 2 is 1.56 bits per heavy atom. The largest absolute Gasteiger partial charge is 0.387 e. The summed E-state index contributed by atoms with van der Waals surface area (Å²) in [6.07, 6.45) is 12.9. The summed E-state index contributed by atoms with van der Waals surface area (Å²) in [7, 11) is 0. The lowest BCUT2D eigenvalue weighted by Crippen LogP contribution is -2.17. The molecule has 0 radical (unpaired) electrons. The maximum Gasteiger partial charge on any atom is 0.0404 e. The monoisotopic (exact) mass is 367 g/mol. The van der Waals surface area contributed by atoms with E-state index in [-0.39, 0.29) is 0 Å². The highest BCUT2D eigenvalue weighted by Crippen LogP contribution is 2.39. The lowest BCUT2D eigenvalue weighted by Gasteiger charge is -2.22. The molecule has 0 fully saturated rings. The van der Waals surface area contributed by atoms with Crippen LogP contribution < -0.4 is 5.32 Å². The van der Waals surface area contributed by atoms with Crippen molar-refractivity contribution < 1.29 is 0 Å². The van der Waals surface area contributed by atoms with Crippen molar-refractivity contribution in [2.24, 2.45) is 0 Å². The van der Waals surface area contributed by atoms with Gasteiger partial charge in [-0.05, 0) is 65.8 Å². The molecule has 0 spiro atoms. The van der Waals surface area contributed by atoms with Gasteiger partial charge in [-0.1, -0.05) is 90.6 Å². The first-order chi connectivity index (χ1) is 13.3. The molecule has 3 rings (SSSR count). The summed E-state index contributed by atoms with van der Waals surface area (Å²) in [5, 5.41) is 3.44. The topological polar surface area (TPSA) is 12.0 Å². The maximum atomic E-state index is 3.44. The summed E-state index contributed by atoms with van der Waals surface area (Å²) in [6, 6.07) is 9.05. The number of fused-ring (bicyclic) bond motifs is 1. The summed E-state index contributed by atoms with van der Waals surface area (Å²) in [5.41, 5.74) is 9.30. The minimum Gasteiger partial charge on any atom is -0.387 e. The van der Waals surface area contributed by atoms with Crippen molar-refractivity contribution in [2.45, 2.75) is 86.5 Å². The highest BCUT2D eigenvalue weighted by Gasteiger charge is 2.23. The van der Waals surface area contributed by atoms with Gasteiger partial charge in [0.2, 0.25) is 0 Å². The van der Waals surface area contributed by atoms with E-state index in [2.05, 4.69) is 69.6 Å². The molecule has 0 amide bonds. The number of aryl methyl sites for hydroxylation is 1. The second kappa shape index (κ2) is 13.4. The number of benzene rings is 1. The molecule has 2 aliphatic rings. The summed E-state index contributed by atoms with van der Waals surface area (Å²) >= 11 is 0. The molecule has 1 heterocycles. The Morgan fingerprint density at radius 1 is 0.926 bits per heavy atom. The first kappa shape index (κ1) is 23.3. The predicted octanol–water partition coefficient (Wildman–Crippen LogP) is 7.84. The average Bonchev–Trinajstić information content (AvgIpc) is 2.87. The molecule has 0 aromatic heterocycles. The van der Waals surface area contributed by atoms with E-state index in [4.69, 9.17) is 0 Å². The minimum atomic E-state index is 0.979. The Hall–Kier alpha value is -1.76. The van der Waals surface area contributed by atoms with E-state index in [0.29, 0.717) is 0 Å². The lowest BCUT2D eigenvalue weighted by atomic mass is 9.85. The van der Waals surface area contributed by atoms with Crippen molar-refractivity contribution >= 4 is 5.57 Å². The second-order valence-electron chi connectivity index (χ2n) is 7.06. The van der Waals surface area contributed by atoms with E-state index in [1.54, 1.807) is 16.7 Å². The fraction of sp³-hybridized carbons (Fsp3) is 0.538. The number of hydrogen-bond acceptors (Lipinski definition) is 1. The van der Waals surface area contributed by atoms with Crippen LogP contribution >= 0.6 is 0 Å². The maximum absolute atomic E-state index is 3.44. The Bertz CT molecular complexity index is 638. The molecule has 1 N–H and O–H groups in total. The zero-order valence-electron chi connectivity index (χ0n) is 18.6. The van der Waals surface area contributed by atoms with Crippen molar-refractivity contribution in [3.63, 3.8) is 0 Å². The van der Waals surface area contributed by atoms with Gasteiger partial charge in [-0.15, -0.1) is 0 Å². The SMILES string of the molecule is CC.CCC.CCCC(CCC)=C1C2=C(C=CNC2)CCc2ccccc21. The van der Waals surface area contributed by atoms with Crippen LogP contribution in [0, 0.1) is 0 Å². The van der Waals surface area contributed by atoms with Gasteiger partial charge in [-0.2, -0.15) is 0 Å². The molecule has 1 nitrogen and oxygen atoms in total. The Balaban J connectivity index is 0.000000665. The van der Waals surface area contributed by atoms with Gasteiger partial charge in [0.15, 0.2) is 0 Å². The third-order valence-corrected chi connectivity index (χ3v) is 4.78. The van der Waals surface area contributed by atoms with E-state index in [1.165, 1.54) is 55.2 Å². The number of hydrogen-bond donors (Lipinski definition) is 1. The summed E-state index contributed by atoms with van der Waals surface area (Å²) in [5.74, 6) is 0. The normalized spacial score (nSPS) is 14.5. The Morgan fingerprint density at radius 3 is 2.19 bits per heavy atom. The fourth-order valence-corrected chi connectivity index (χ4v) is 3.81. The van der Waals surface area contributed by atoms with Crippen LogP contribution in [-0.2, 0) is 6.42 Å². The van der Waals surface area contributed by atoms with Crippen LogP contribution in [0.25, 0.3) is 5.57 Å². The van der Waals surface area contributed by atoms with Crippen LogP contribution in [0.1, 0.15) is 91.2 Å². The molecule has 0 atom stereocenters. The van der Waals surface area contributed by atoms with E-state index < -0.39 is 0 Å². The van der Waals surface area contributed by atoms with Crippen molar-refractivity contribution in [3.8, 4) is 0 Å². The Kier molecular flexibility index (Phi) is 11.6. The number of rotatable bonds is 4. The Labute approximate surface area is 168 Å². The number of dihydropyridines is 1. The zero-order chi connectivity index (χ0) is 20.1. The first-order valence-corrected chi connectivity index (χ1v) is 11.2. The molecule has 0 bridgehead atoms. The molecular weight excluding hydrogens is 326 g/mol. The molecule has 0 saturated heterocycles. The molecule has 27 heavy (non-hydrogen) atoms. The van der Waals surface area contributed by atoms with Crippen molar-refractivity contribution in [2.75, 3.05) is 6.54 Å². The molecule has 1 aliphatic carbocycles. The quantitative estimate of drug-likeness (QED) is 0.571. The first-order valence-electron chi connectivity index (χ1n) is 11.2. The number of nitrogens with one attached hydrogen (secondary N) is 1. The van der Waals surface area contributed by atoms with Gasteiger partial charge < -0.3 is 5.32 Å². The van der Waals surface area contributed by atoms with Crippen LogP contribution in [-0.4, -0.2) is 6.54 Å². The molecular formula is C26H41N. The predicted molar refractivity (Wildman–Crippen MR) is 123 cm³/mol. The van der Waals surface area contributed by atoms with Gasteiger partial charge in [0.25, 0.3) is 0 Å². The smallest absolute Gasteiger partial charge is 0.0404 e. The third-order valence-electron chi connectivity index (χ3n) is 4.78. The zero-order valence-corrected chi connectivity index (χ0v) is 18.6. The summed E-state index contributed by atoms with van der Waals surface area (Å²) < 4.78 is 0. The fourth-order valence-electron chi connectivity index (χ4n) is 3.81. The van der Waals surface area contributed by atoms with E-state index in [1.807, 2.05) is 13.8 Å². The molecule has 0 unspecified atom stereocenters. The molecule has 1 aromatic carbocycles. The summed E-state index contributed by atoms with van der Waals surface area (Å²) in [4.78, 5) is 0. The number of allylic oxidation sites excluding steroid dienone is 3. The van der Waals surface area contributed by atoms with Crippen LogP contribution in [0.2, 0.25) is 0 Å². The van der Waals surface area contributed by atoms with E-state index >= 15 is 0 Å². The molecule has 0 saturated carbocycles. The molecule has 1 aromatic rings. The highest BCUT2D eigenvalue weighted by atomic mass is 14.8. The molecule has 1 heteroatoms. The van der Waals surface area contributed by atoms with Crippen LogP contribution in [0.5, 0.6) is 0 Å². The van der Waals surface area contributed by atoms with Gasteiger partial charge in [0, 0.05) is 6.54 Å². The van der Waals surface area contributed by atoms with Crippen LogP contribution in [0.4, 0.5) is 0 Å². The van der Waals surface area contributed by atoms with E-state index in [0.717, 1.165) is 13.0 Å². The molecule has 150 valence electrons. The van der Waals surface area contributed by atoms with Gasteiger partial charge in [-0.3, -0.25) is 0 Å². The van der Waals surface area contributed by atoms with Crippen molar-refractivity contribution in [1.29, 1.82) is 0 Å². The standard InChI is InChI=1S/C21H27N.C3H8.C2H6/c1-3-7-18(8-4-2)21-19-10-6-5-9-16(19)11-12-17-13-14-22-15-20(17)21;1-3-2;1-2/h5-6,9-10,13-14,22H,3-4,7-8,11-12,15H2,1-2H3;3H2,1-2H3;1-2H3. The third kappa shape index (κ3) is 6.41. The van der Waals surface area contributed by atoms with Crippen molar-refractivity contribution in [3.05, 3.63) is 64.4 Å². The average molecular weight is 368 g/mol. The summed E-state index contributed by atoms with van der Waals surface area (Å²) in [6.45, 7) is 13.8. The van der Waals surface area contributed by atoms with Gasteiger partial charge >= 0.3 is 0 Å². The van der Waals surface area contributed by atoms with Gasteiger partial charge in [0.1, 0.15) is 0 Å². The highest BCUT2D eigenvalue weighted by molar-refractivity contribution is 5.86. The second-order valence-corrected chi connectivity index (χ2v) is 7.06. The van der Waals surface area contributed by atoms with Crippen LogP contribution in [0.3, 0.4) is 0 Å². The lowest BCUT2D eigenvalue weighted by molar-refractivity contribution is 0.802.